The smallest absolute Gasteiger partial charge is 0.271 e. The molecule has 0 saturated carbocycles. The second-order valence-electron chi connectivity index (χ2n) is 8.07. The number of hydrazone groups is 1. The number of fused-ring (bicyclic) bond motifs is 1. The summed E-state index contributed by atoms with van der Waals surface area (Å²) in [4.78, 5) is 17.1. The maximum Gasteiger partial charge on any atom is 0.271 e. The molecule has 3 aromatic rings. The minimum atomic E-state index is -0.240. The first-order chi connectivity index (χ1) is 13.2. The number of amides is 1. The first-order valence-electron chi connectivity index (χ1n) is 9.63. The quantitative estimate of drug-likeness (QED) is 0.524. The van der Waals surface area contributed by atoms with Crippen LogP contribution in [0.25, 0.3) is 11.0 Å². The van der Waals surface area contributed by atoms with E-state index >= 15 is 0 Å². The van der Waals surface area contributed by atoms with Crippen LogP contribution in [0.2, 0.25) is 0 Å². The van der Waals surface area contributed by atoms with Crippen molar-refractivity contribution in [3.8, 4) is 0 Å². The lowest BCUT2D eigenvalue weighted by atomic mass is 9.86. The van der Waals surface area contributed by atoms with Crippen molar-refractivity contribution < 1.29 is 4.79 Å². The zero-order chi connectivity index (χ0) is 20.5. The Hall–Kier alpha value is -2.95. The molecule has 5 nitrogen and oxygen atoms in total. The highest BCUT2D eigenvalue weighted by atomic mass is 16.2. The number of hydrogen-bond acceptors (Lipinski definition) is 3. The van der Waals surface area contributed by atoms with Gasteiger partial charge in [0.1, 0.15) is 5.82 Å². The molecule has 0 bridgehead atoms. The van der Waals surface area contributed by atoms with Crippen LogP contribution < -0.4 is 5.43 Å². The van der Waals surface area contributed by atoms with Gasteiger partial charge in [0.15, 0.2) is 0 Å². The summed E-state index contributed by atoms with van der Waals surface area (Å²) in [5.74, 6) is 0.707. The van der Waals surface area contributed by atoms with E-state index in [2.05, 4.69) is 59.9 Å². The van der Waals surface area contributed by atoms with Crippen LogP contribution in [0.15, 0.2) is 47.6 Å². The third-order valence-electron chi connectivity index (χ3n) is 5.01. The monoisotopic (exact) mass is 376 g/mol. The first-order valence-corrected chi connectivity index (χ1v) is 9.63. The molecular weight excluding hydrogens is 348 g/mol. The number of aromatic nitrogens is 2. The summed E-state index contributed by atoms with van der Waals surface area (Å²) in [6.45, 7) is 13.4. The molecule has 28 heavy (non-hydrogen) atoms. The minimum Gasteiger partial charge on any atom is -0.329 e. The highest BCUT2D eigenvalue weighted by Gasteiger charge is 2.14. The molecule has 1 heterocycles. The SMILES string of the molecule is CCn1c(C)nc2cc(C(=O)NN=C(C)c3ccc(C(C)(C)C)cc3)ccc21. The van der Waals surface area contributed by atoms with Gasteiger partial charge in [-0.2, -0.15) is 5.10 Å². The molecular formula is C23H28N4O. The van der Waals surface area contributed by atoms with Crippen molar-refractivity contribution in [1.29, 1.82) is 0 Å². The van der Waals surface area contributed by atoms with E-state index in [9.17, 15) is 4.79 Å². The molecule has 0 aliphatic rings. The van der Waals surface area contributed by atoms with Gasteiger partial charge < -0.3 is 4.57 Å². The molecule has 0 atom stereocenters. The molecule has 146 valence electrons. The second-order valence-corrected chi connectivity index (χ2v) is 8.07. The van der Waals surface area contributed by atoms with E-state index in [1.54, 1.807) is 0 Å². The van der Waals surface area contributed by atoms with Crippen LogP contribution in [0.1, 0.15) is 61.9 Å². The highest BCUT2D eigenvalue weighted by Crippen LogP contribution is 2.22. The lowest BCUT2D eigenvalue weighted by molar-refractivity contribution is 0.0955. The summed E-state index contributed by atoms with van der Waals surface area (Å²) < 4.78 is 2.13. The van der Waals surface area contributed by atoms with Crippen LogP contribution >= 0.6 is 0 Å². The van der Waals surface area contributed by atoms with Crippen LogP contribution in [-0.4, -0.2) is 21.2 Å². The molecule has 0 aliphatic carbocycles. The molecule has 0 radical (unpaired) electrons. The predicted octanol–water partition coefficient (Wildman–Crippen LogP) is 4.82. The van der Waals surface area contributed by atoms with Crippen molar-refractivity contribution in [1.82, 2.24) is 15.0 Å². The average Bonchev–Trinajstić information content (AvgIpc) is 2.99. The number of imidazole rings is 1. The molecule has 1 amide bonds. The summed E-state index contributed by atoms with van der Waals surface area (Å²) in [5, 5.41) is 4.27. The Morgan fingerprint density at radius 2 is 1.75 bits per heavy atom. The van der Waals surface area contributed by atoms with Crippen LogP contribution in [0.3, 0.4) is 0 Å². The third-order valence-corrected chi connectivity index (χ3v) is 5.01. The normalized spacial score (nSPS) is 12.4. The lowest BCUT2D eigenvalue weighted by Gasteiger charge is -2.19. The zero-order valence-electron chi connectivity index (χ0n) is 17.5. The standard InChI is InChI=1S/C23H28N4O/c1-7-27-16(3)24-20-14-18(10-13-21(20)27)22(28)26-25-15(2)17-8-11-19(12-9-17)23(4,5)6/h8-14H,7H2,1-6H3,(H,26,28). The molecule has 0 saturated heterocycles. The predicted molar refractivity (Wildman–Crippen MR) is 115 cm³/mol. The van der Waals surface area contributed by atoms with Gasteiger partial charge in [-0.25, -0.2) is 10.4 Å². The van der Waals surface area contributed by atoms with E-state index in [0.717, 1.165) is 34.7 Å². The molecule has 0 unspecified atom stereocenters. The van der Waals surface area contributed by atoms with Crippen LogP contribution in [0.5, 0.6) is 0 Å². The van der Waals surface area contributed by atoms with Gasteiger partial charge in [0, 0.05) is 12.1 Å². The molecule has 2 aromatic carbocycles. The number of nitrogens with one attached hydrogen (secondary N) is 1. The van der Waals surface area contributed by atoms with Gasteiger partial charge in [-0.1, -0.05) is 45.0 Å². The number of nitrogens with zero attached hydrogens (tertiary/aromatic N) is 3. The van der Waals surface area contributed by atoms with E-state index < -0.39 is 0 Å². The van der Waals surface area contributed by atoms with Gasteiger partial charge in [-0.15, -0.1) is 0 Å². The summed E-state index contributed by atoms with van der Waals surface area (Å²) >= 11 is 0. The summed E-state index contributed by atoms with van der Waals surface area (Å²) in [6.07, 6.45) is 0. The summed E-state index contributed by atoms with van der Waals surface area (Å²) in [7, 11) is 0. The summed E-state index contributed by atoms with van der Waals surface area (Å²) in [5.41, 5.74) is 8.20. The van der Waals surface area contributed by atoms with E-state index in [1.807, 2.05) is 44.2 Å². The number of carbonyl (C=O) groups excluding carboxylic acids is 1. The van der Waals surface area contributed by atoms with Gasteiger partial charge in [-0.3, -0.25) is 4.79 Å². The average molecular weight is 377 g/mol. The second kappa shape index (κ2) is 7.58. The maximum absolute atomic E-state index is 12.5. The van der Waals surface area contributed by atoms with Crippen molar-refractivity contribution in [2.45, 2.75) is 53.5 Å². The van der Waals surface area contributed by atoms with Gasteiger partial charge in [0.05, 0.1) is 16.7 Å². The van der Waals surface area contributed by atoms with Crippen LogP contribution in [-0.2, 0) is 12.0 Å². The Kier molecular flexibility index (Phi) is 5.36. The fourth-order valence-electron chi connectivity index (χ4n) is 3.27. The fourth-order valence-corrected chi connectivity index (χ4v) is 3.27. The molecule has 1 N–H and O–H groups in total. The van der Waals surface area contributed by atoms with Crippen molar-refractivity contribution in [2.24, 2.45) is 5.10 Å². The number of rotatable bonds is 4. The van der Waals surface area contributed by atoms with Gasteiger partial charge in [0.2, 0.25) is 0 Å². The Bertz CT molecular complexity index is 1040. The maximum atomic E-state index is 12.5. The Morgan fingerprint density at radius 3 is 2.36 bits per heavy atom. The van der Waals surface area contributed by atoms with E-state index in [0.29, 0.717) is 5.56 Å². The van der Waals surface area contributed by atoms with Crippen molar-refractivity contribution in [2.75, 3.05) is 0 Å². The zero-order valence-corrected chi connectivity index (χ0v) is 17.5. The fraction of sp³-hybridized carbons (Fsp3) is 0.348. The third kappa shape index (κ3) is 3.98. The van der Waals surface area contributed by atoms with Crippen molar-refractivity contribution in [3.63, 3.8) is 0 Å². The van der Waals surface area contributed by atoms with Gasteiger partial charge >= 0.3 is 0 Å². The first kappa shape index (κ1) is 19.8. The Morgan fingerprint density at radius 1 is 1.11 bits per heavy atom. The van der Waals surface area contributed by atoms with Gasteiger partial charge in [-0.05, 0) is 55.5 Å². The molecule has 0 spiro atoms. The van der Waals surface area contributed by atoms with Crippen LogP contribution in [0.4, 0.5) is 0 Å². The van der Waals surface area contributed by atoms with E-state index in [4.69, 9.17) is 0 Å². The van der Waals surface area contributed by atoms with Gasteiger partial charge in [0.25, 0.3) is 5.91 Å². The molecule has 0 aliphatic heterocycles. The largest absolute Gasteiger partial charge is 0.329 e. The summed E-state index contributed by atoms with van der Waals surface area (Å²) in [6, 6.07) is 13.9. The number of benzene rings is 2. The minimum absolute atomic E-state index is 0.111. The van der Waals surface area contributed by atoms with E-state index in [1.165, 1.54) is 5.56 Å². The number of hydrogen-bond donors (Lipinski definition) is 1. The Balaban J connectivity index is 1.76. The molecule has 1 aromatic heterocycles. The number of aryl methyl sites for hydroxylation is 2. The van der Waals surface area contributed by atoms with E-state index in [-0.39, 0.29) is 11.3 Å². The van der Waals surface area contributed by atoms with Crippen LogP contribution in [0, 0.1) is 6.92 Å². The van der Waals surface area contributed by atoms with Crippen molar-refractivity contribution in [3.05, 3.63) is 65.0 Å². The Labute approximate surface area is 166 Å². The highest BCUT2D eigenvalue weighted by molar-refractivity contribution is 6.01. The molecule has 0 fully saturated rings. The number of carbonyl (C=O) groups is 1. The molecule has 5 heteroatoms. The molecule has 3 rings (SSSR count). The topological polar surface area (TPSA) is 59.3 Å². The lowest BCUT2D eigenvalue weighted by Crippen LogP contribution is -2.19. The van der Waals surface area contributed by atoms with Crippen molar-refractivity contribution >= 4 is 22.7 Å².